The highest BCUT2D eigenvalue weighted by atomic mass is 32.2. The van der Waals surface area contributed by atoms with Crippen LogP contribution in [0.25, 0.3) is 0 Å². The summed E-state index contributed by atoms with van der Waals surface area (Å²) < 4.78 is 28.2. The fourth-order valence-electron chi connectivity index (χ4n) is 2.31. The first kappa shape index (κ1) is 13.5. The monoisotopic (exact) mass is 272 g/mol. The van der Waals surface area contributed by atoms with Crippen LogP contribution in [0.3, 0.4) is 0 Å². The average molecular weight is 272 g/mol. The molecule has 1 fully saturated rings. The summed E-state index contributed by atoms with van der Waals surface area (Å²) in [5.74, 6) is 0.234. The van der Waals surface area contributed by atoms with Crippen LogP contribution in [0.2, 0.25) is 0 Å². The van der Waals surface area contributed by atoms with E-state index in [0.717, 1.165) is 25.7 Å². The molecular formula is C11H20N4O2S. The van der Waals surface area contributed by atoms with Crippen LogP contribution in [0.5, 0.6) is 0 Å². The summed E-state index contributed by atoms with van der Waals surface area (Å²) in [5.41, 5.74) is 6.00. The zero-order chi connectivity index (χ0) is 13.2. The van der Waals surface area contributed by atoms with Crippen LogP contribution in [0.4, 0.5) is 0 Å². The first-order valence-corrected chi connectivity index (χ1v) is 7.70. The van der Waals surface area contributed by atoms with Crippen molar-refractivity contribution in [2.75, 3.05) is 6.54 Å². The summed E-state index contributed by atoms with van der Waals surface area (Å²) in [6.45, 7) is 0.403. The second-order valence-corrected chi connectivity index (χ2v) is 6.65. The Bertz CT molecular complexity index is 497. The van der Waals surface area contributed by atoms with Crippen molar-refractivity contribution in [1.29, 1.82) is 0 Å². The lowest BCUT2D eigenvalue weighted by Crippen LogP contribution is -2.41. The van der Waals surface area contributed by atoms with Crippen molar-refractivity contribution in [1.82, 2.24) is 14.3 Å². The van der Waals surface area contributed by atoms with E-state index in [-0.39, 0.29) is 17.0 Å². The fraction of sp³-hybridized carbons (Fsp3) is 0.727. The van der Waals surface area contributed by atoms with E-state index in [9.17, 15) is 8.42 Å². The molecule has 0 bridgehead atoms. The number of hydrogen-bond acceptors (Lipinski definition) is 4. The first-order valence-electron chi connectivity index (χ1n) is 6.22. The summed E-state index contributed by atoms with van der Waals surface area (Å²) >= 11 is 0. The maximum Gasteiger partial charge on any atom is 0.259 e. The van der Waals surface area contributed by atoms with E-state index in [4.69, 9.17) is 5.73 Å². The van der Waals surface area contributed by atoms with Crippen LogP contribution in [-0.2, 0) is 17.1 Å². The van der Waals surface area contributed by atoms with Gasteiger partial charge in [0.25, 0.3) is 10.0 Å². The smallest absolute Gasteiger partial charge is 0.259 e. The van der Waals surface area contributed by atoms with Gasteiger partial charge in [-0.15, -0.1) is 0 Å². The Morgan fingerprint density at radius 3 is 2.83 bits per heavy atom. The number of nitrogens with one attached hydrogen (secondary N) is 1. The Kier molecular flexibility index (Phi) is 4.04. The molecule has 18 heavy (non-hydrogen) atoms. The van der Waals surface area contributed by atoms with Gasteiger partial charge in [0, 0.05) is 25.8 Å². The molecule has 1 aromatic heterocycles. The third-order valence-corrected chi connectivity index (χ3v) is 4.77. The molecule has 6 nitrogen and oxygen atoms in total. The lowest BCUT2D eigenvalue weighted by Gasteiger charge is -2.28. The fourth-order valence-corrected chi connectivity index (χ4v) is 3.38. The van der Waals surface area contributed by atoms with Crippen molar-refractivity contribution in [2.24, 2.45) is 18.7 Å². The normalized spacial score (nSPS) is 25.2. The summed E-state index contributed by atoms with van der Waals surface area (Å²) in [5, 5.41) is 0.0642. The molecule has 1 aromatic rings. The largest absolute Gasteiger partial charge is 0.339 e. The molecule has 1 aliphatic carbocycles. The zero-order valence-electron chi connectivity index (χ0n) is 10.5. The van der Waals surface area contributed by atoms with Gasteiger partial charge in [0.05, 0.1) is 6.33 Å². The molecule has 102 valence electrons. The number of nitrogens with zero attached hydrogens (tertiary/aromatic N) is 2. The number of nitrogens with two attached hydrogens (primary N) is 1. The number of rotatable bonds is 4. The summed E-state index contributed by atoms with van der Waals surface area (Å²) in [6, 6.07) is 0.102. The highest BCUT2D eigenvalue weighted by Gasteiger charge is 2.24. The number of sulfonamides is 1. The van der Waals surface area contributed by atoms with E-state index in [0.29, 0.717) is 6.54 Å². The van der Waals surface area contributed by atoms with Gasteiger partial charge in [-0.2, -0.15) is 0 Å². The zero-order valence-corrected chi connectivity index (χ0v) is 11.4. The van der Waals surface area contributed by atoms with E-state index >= 15 is 0 Å². The molecule has 0 saturated heterocycles. The topological polar surface area (TPSA) is 90.0 Å². The molecule has 2 unspecified atom stereocenters. The van der Waals surface area contributed by atoms with Gasteiger partial charge in [-0.25, -0.2) is 18.1 Å². The van der Waals surface area contributed by atoms with Crippen molar-refractivity contribution in [3.63, 3.8) is 0 Å². The second-order valence-electron chi connectivity index (χ2n) is 4.94. The molecular weight excluding hydrogens is 252 g/mol. The van der Waals surface area contributed by atoms with Crippen LogP contribution in [0, 0.1) is 5.92 Å². The minimum Gasteiger partial charge on any atom is -0.339 e. The van der Waals surface area contributed by atoms with E-state index in [1.807, 2.05) is 0 Å². The van der Waals surface area contributed by atoms with E-state index in [2.05, 4.69) is 9.71 Å². The number of aromatic nitrogens is 2. The summed E-state index contributed by atoms with van der Waals surface area (Å²) in [6.07, 6.45) is 7.21. The molecule has 0 amide bonds. The Morgan fingerprint density at radius 1 is 1.50 bits per heavy atom. The van der Waals surface area contributed by atoms with Crippen molar-refractivity contribution in [3.8, 4) is 0 Å². The summed E-state index contributed by atoms with van der Waals surface area (Å²) in [7, 11) is -1.76. The van der Waals surface area contributed by atoms with Crippen LogP contribution in [0.1, 0.15) is 25.7 Å². The molecule has 0 spiro atoms. The van der Waals surface area contributed by atoms with Crippen molar-refractivity contribution in [3.05, 3.63) is 12.5 Å². The van der Waals surface area contributed by atoms with Gasteiger partial charge in [0.15, 0.2) is 5.03 Å². The third kappa shape index (κ3) is 3.09. The highest BCUT2D eigenvalue weighted by Crippen LogP contribution is 2.22. The van der Waals surface area contributed by atoms with Gasteiger partial charge in [-0.3, -0.25) is 0 Å². The van der Waals surface area contributed by atoms with E-state index < -0.39 is 10.0 Å². The average Bonchev–Trinajstić information content (AvgIpc) is 2.76. The quantitative estimate of drug-likeness (QED) is 0.820. The van der Waals surface area contributed by atoms with Crippen molar-refractivity contribution < 1.29 is 8.42 Å². The predicted octanol–water partition coefficient (Wildman–Crippen LogP) is 0.216. The Balaban J connectivity index is 1.96. The minimum atomic E-state index is -3.50. The molecule has 2 atom stereocenters. The molecule has 1 saturated carbocycles. The SMILES string of the molecule is Cn1cnc(S(=O)(=O)NCC2CCCCC2N)c1. The Morgan fingerprint density at radius 2 is 2.22 bits per heavy atom. The number of hydrogen-bond donors (Lipinski definition) is 2. The molecule has 1 aliphatic rings. The molecule has 7 heteroatoms. The van der Waals surface area contributed by atoms with E-state index in [1.54, 1.807) is 11.6 Å². The third-order valence-electron chi connectivity index (χ3n) is 3.46. The van der Waals surface area contributed by atoms with Crippen LogP contribution in [0.15, 0.2) is 17.6 Å². The first-order chi connectivity index (χ1) is 8.49. The lowest BCUT2D eigenvalue weighted by atomic mass is 9.85. The maximum atomic E-state index is 12.0. The van der Waals surface area contributed by atoms with Crippen molar-refractivity contribution >= 4 is 10.0 Å². The standard InChI is InChI=1S/C11H20N4O2S/c1-15-7-11(13-8-15)18(16,17)14-6-9-4-2-3-5-10(9)12/h7-10,14H,2-6,12H2,1H3. The lowest BCUT2D eigenvalue weighted by molar-refractivity contribution is 0.308. The van der Waals surface area contributed by atoms with Crippen molar-refractivity contribution in [2.45, 2.75) is 36.8 Å². The van der Waals surface area contributed by atoms with Crippen LogP contribution in [-0.4, -0.2) is 30.6 Å². The van der Waals surface area contributed by atoms with Gasteiger partial charge < -0.3 is 10.3 Å². The van der Waals surface area contributed by atoms with Gasteiger partial charge in [-0.05, 0) is 18.8 Å². The molecule has 0 radical (unpaired) electrons. The van der Waals surface area contributed by atoms with Crippen LogP contribution < -0.4 is 10.5 Å². The van der Waals surface area contributed by atoms with Crippen LogP contribution >= 0.6 is 0 Å². The van der Waals surface area contributed by atoms with Gasteiger partial charge in [0.1, 0.15) is 0 Å². The van der Waals surface area contributed by atoms with Gasteiger partial charge in [-0.1, -0.05) is 12.8 Å². The minimum absolute atomic E-state index is 0.0642. The van der Waals surface area contributed by atoms with Gasteiger partial charge >= 0.3 is 0 Å². The number of aryl methyl sites for hydroxylation is 1. The summed E-state index contributed by atoms with van der Waals surface area (Å²) in [4.78, 5) is 3.85. The highest BCUT2D eigenvalue weighted by molar-refractivity contribution is 7.89. The van der Waals surface area contributed by atoms with E-state index in [1.165, 1.54) is 12.5 Å². The van der Waals surface area contributed by atoms with Gasteiger partial charge in [0.2, 0.25) is 0 Å². The molecule has 0 aliphatic heterocycles. The molecule has 2 rings (SSSR count). The molecule has 1 heterocycles. The predicted molar refractivity (Wildman–Crippen MR) is 68.3 cm³/mol. The Labute approximate surface area is 108 Å². The number of imidazole rings is 1. The molecule has 3 N–H and O–H groups in total. The molecule has 0 aromatic carbocycles. The Hall–Kier alpha value is -0.920. The second kappa shape index (κ2) is 5.38. The maximum absolute atomic E-state index is 12.0.